The van der Waals surface area contributed by atoms with Crippen LogP contribution in [0.2, 0.25) is 0 Å². The molecule has 3 rings (SSSR count). The van der Waals surface area contributed by atoms with Crippen LogP contribution in [0, 0.1) is 6.92 Å². The van der Waals surface area contributed by atoms with E-state index in [0.717, 1.165) is 35.2 Å². The number of anilines is 1. The Labute approximate surface area is 161 Å². The summed E-state index contributed by atoms with van der Waals surface area (Å²) in [5.41, 5.74) is 4.34. The lowest BCUT2D eigenvalue weighted by molar-refractivity contribution is -0.125. The summed E-state index contributed by atoms with van der Waals surface area (Å²) < 4.78 is 0.962. The molecule has 2 aromatic rings. The number of rotatable bonds is 5. The van der Waals surface area contributed by atoms with Crippen LogP contribution in [0.3, 0.4) is 0 Å². The largest absolute Gasteiger partial charge is 0.346 e. The van der Waals surface area contributed by atoms with Crippen molar-refractivity contribution in [2.24, 2.45) is 0 Å². The Kier molecular flexibility index (Phi) is 6.06. The molecule has 0 fully saturated rings. The number of amides is 2. The number of carbonyl (C=O) groups is 2. The van der Waals surface area contributed by atoms with Crippen LogP contribution in [0.4, 0.5) is 5.69 Å². The van der Waals surface area contributed by atoms with E-state index in [2.05, 4.69) is 43.6 Å². The standard InChI is InChI=1S/C20H22BrN3O2/c1-14-10-17(21)6-7-18(14)23-19(25)11-22-20(26)13-24-9-8-15-4-2-3-5-16(15)12-24/h2-7,10H,8-9,11-13H2,1H3,(H,22,26)(H,23,25). The fourth-order valence-electron chi connectivity index (χ4n) is 3.09. The van der Waals surface area contributed by atoms with Gasteiger partial charge in [0.15, 0.2) is 0 Å². The molecule has 0 saturated carbocycles. The van der Waals surface area contributed by atoms with Crippen molar-refractivity contribution < 1.29 is 9.59 Å². The summed E-state index contributed by atoms with van der Waals surface area (Å²) >= 11 is 3.40. The molecule has 6 heteroatoms. The van der Waals surface area contributed by atoms with Gasteiger partial charge in [0.25, 0.3) is 0 Å². The topological polar surface area (TPSA) is 61.4 Å². The monoisotopic (exact) mass is 415 g/mol. The molecule has 1 heterocycles. The highest BCUT2D eigenvalue weighted by Gasteiger charge is 2.18. The molecule has 0 radical (unpaired) electrons. The lowest BCUT2D eigenvalue weighted by Crippen LogP contribution is -2.42. The highest BCUT2D eigenvalue weighted by molar-refractivity contribution is 9.10. The van der Waals surface area contributed by atoms with E-state index in [1.807, 2.05) is 37.3 Å². The smallest absolute Gasteiger partial charge is 0.243 e. The highest BCUT2D eigenvalue weighted by Crippen LogP contribution is 2.20. The Balaban J connectivity index is 1.45. The quantitative estimate of drug-likeness (QED) is 0.788. The number of hydrogen-bond donors (Lipinski definition) is 2. The SMILES string of the molecule is Cc1cc(Br)ccc1NC(=O)CNC(=O)CN1CCc2ccccc2C1. The van der Waals surface area contributed by atoms with Crippen LogP contribution < -0.4 is 10.6 Å². The average molecular weight is 416 g/mol. The van der Waals surface area contributed by atoms with Crippen LogP contribution >= 0.6 is 15.9 Å². The van der Waals surface area contributed by atoms with Crippen molar-refractivity contribution in [3.8, 4) is 0 Å². The van der Waals surface area contributed by atoms with Gasteiger partial charge in [0, 0.05) is 23.2 Å². The van der Waals surface area contributed by atoms with Gasteiger partial charge in [0.2, 0.25) is 11.8 Å². The minimum Gasteiger partial charge on any atom is -0.346 e. The first-order valence-electron chi connectivity index (χ1n) is 8.63. The third-order valence-corrected chi connectivity index (χ3v) is 4.98. The van der Waals surface area contributed by atoms with Crippen LogP contribution in [-0.4, -0.2) is 36.3 Å². The molecule has 2 aromatic carbocycles. The van der Waals surface area contributed by atoms with Crippen molar-refractivity contribution in [1.82, 2.24) is 10.2 Å². The van der Waals surface area contributed by atoms with Crippen LogP contribution in [0.1, 0.15) is 16.7 Å². The van der Waals surface area contributed by atoms with E-state index < -0.39 is 0 Å². The minimum atomic E-state index is -0.229. The van der Waals surface area contributed by atoms with Crippen molar-refractivity contribution in [2.75, 3.05) is 25.0 Å². The third-order valence-electron chi connectivity index (χ3n) is 4.49. The van der Waals surface area contributed by atoms with Crippen LogP contribution in [-0.2, 0) is 22.6 Å². The van der Waals surface area contributed by atoms with E-state index in [-0.39, 0.29) is 18.4 Å². The molecule has 2 N–H and O–H groups in total. The predicted octanol–water partition coefficient (Wildman–Crippen LogP) is 2.87. The molecule has 0 bridgehead atoms. The predicted molar refractivity (Wildman–Crippen MR) is 106 cm³/mol. The Morgan fingerprint density at radius 3 is 2.65 bits per heavy atom. The molecule has 0 aliphatic carbocycles. The van der Waals surface area contributed by atoms with Gasteiger partial charge in [-0.3, -0.25) is 14.5 Å². The van der Waals surface area contributed by atoms with Crippen molar-refractivity contribution in [3.05, 3.63) is 63.6 Å². The molecule has 1 aliphatic heterocycles. The maximum Gasteiger partial charge on any atom is 0.243 e. The Morgan fingerprint density at radius 1 is 1.12 bits per heavy atom. The Hall–Kier alpha value is -2.18. The van der Waals surface area contributed by atoms with Gasteiger partial charge in [-0.2, -0.15) is 0 Å². The van der Waals surface area contributed by atoms with Gasteiger partial charge in [-0.1, -0.05) is 40.2 Å². The number of benzene rings is 2. The van der Waals surface area contributed by atoms with Crippen molar-refractivity contribution in [1.29, 1.82) is 0 Å². The number of carbonyl (C=O) groups excluding carboxylic acids is 2. The zero-order valence-electron chi connectivity index (χ0n) is 14.7. The average Bonchev–Trinajstić information content (AvgIpc) is 2.62. The number of aryl methyl sites for hydroxylation is 1. The maximum atomic E-state index is 12.2. The van der Waals surface area contributed by atoms with Gasteiger partial charge in [-0.25, -0.2) is 0 Å². The van der Waals surface area contributed by atoms with E-state index in [4.69, 9.17) is 0 Å². The maximum absolute atomic E-state index is 12.2. The third kappa shape index (κ3) is 4.93. The molecule has 136 valence electrons. The van der Waals surface area contributed by atoms with E-state index in [1.54, 1.807) is 0 Å². The van der Waals surface area contributed by atoms with E-state index in [9.17, 15) is 9.59 Å². The second-order valence-electron chi connectivity index (χ2n) is 6.51. The zero-order valence-corrected chi connectivity index (χ0v) is 16.3. The number of hydrogen-bond acceptors (Lipinski definition) is 3. The van der Waals surface area contributed by atoms with Crippen molar-refractivity contribution in [3.63, 3.8) is 0 Å². The van der Waals surface area contributed by atoms with Gasteiger partial charge in [-0.05, 0) is 48.2 Å². The molecular formula is C20H22BrN3O2. The van der Waals surface area contributed by atoms with E-state index >= 15 is 0 Å². The number of fused-ring (bicyclic) bond motifs is 1. The normalized spacial score (nSPS) is 13.8. The summed E-state index contributed by atoms with van der Waals surface area (Å²) in [6, 6.07) is 14.0. The molecule has 0 saturated heterocycles. The Morgan fingerprint density at radius 2 is 1.88 bits per heavy atom. The highest BCUT2D eigenvalue weighted by atomic mass is 79.9. The summed E-state index contributed by atoms with van der Waals surface area (Å²) in [7, 11) is 0. The lowest BCUT2D eigenvalue weighted by atomic mass is 10.00. The van der Waals surface area contributed by atoms with Crippen LogP contribution in [0.5, 0.6) is 0 Å². The minimum absolute atomic E-state index is 0.0290. The molecule has 0 spiro atoms. The van der Waals surface area contributed by atoms with Crippen LogP contribution in [0.15, 0.2) is 46.9 Å². The van der Waals surface area contributed by atoms with Gasteiger partial charge in [0.1, 0.15) is 0 Å². The van der Waals surface area contributed by atoms with Gasteiger partial charge in [0.05, 0.1) is 13.1 Å². The zero-order chi connectivity index (χ0) is 18.5. The number of nitrogens with zero attached hydrogens (tertiary/aromatic N) is 1. The van der Waals surface area contributed by atoms with Crippen molar-refractivity contribution >= 4 is 33.4 Å². The molecule has 26 heavy (non-hydrogen) atoms. The van der Waals surface area contributed by atoms with Gasteiger partial charge < -0.3 is 10.6 Å². The summed E-state index contributed by atoms with van der Waals surface area (Å²) in [5.74, 6) is -0.361. The van der Waals surface area contributed by atoms with E-state index in [0.29, 0.717) is 6.54 Å². The summed E-state index contributed by atoms with van der Waals surface area (Å²) in [4.78, 5) is 26.3. The first-order chi connectivity index (χ1) is 12.5. The summed E-state index contributed by atoms with van der Waals surface area (Å²) in [5, 5.41) is 5.52. The molecular weight excluding hydrogens is 394 g/mol. The van der Waals surface area contributed by atoms with Crippen molar-refractivity contribution in [2.45, 2.75) is 19.9 Å². The summed E-state index contributed by atoms with van der Waals surface area (Å²) in [6.45, 7) is 3.83. The summed E-state index contributed by atoms with van der Waals surface area (Å²) in [6.07, 6.45) is 0.951. The molecule has 2 amide bonds. The first kappa shape index (κ1) is 18.6. The first-order valence-corrected chi connectivity index (χ1v) is 9.42. The number of halogens is 1. The van der Waals surface area contributed by atoms with Gasteiger partial charge >= 0.3 is 0 Å². The molecule has 0 aromatic heterocycles. The fraction of sp³-hybridized carbons (Fsp3) is 0.300. The Bertz CT molecular complexity index is 822. The van der Waals surface area contributed by atoms with E-state index in [1.165, 1.54) is 11.1 Å². The molecule has 1 aliphatic rings. The van der Waals surface area contributed by atoms with Gasteiger partial charge in [-0.15, -0.1) is 0 Å². The fourth-order valence-corrected chi connectivity index (χ4v) is 3.56. The second-order valence-corrected chi connectivity index (χ2v) is 7.43. The molecule has 0 unspecified atom stereocenters. The number of nitrogens with one attached hydrogen (secondary N) is 2. The lowest BCUT2D eigenvalue weighted by Gasteiger charge is -2.28. The second kappa shape index (κ2) is 8.47. The van der Waals surface area contributed by atoms with Crippen LogP contribution in [0.25, 0.3) is 0 Å². The molecule has 0 atom stereocenters. The molecule has 5 nitrogen and oxygen atoms in total.